The number of nitrogens with zero attached hydrogens (tertiary/aromatic N) is 2. The van der Waals surface area contributed by atoms with Gasteiger partial charge in [0.1, 0.15) is 17.4 Å². The summed E-state index contributed by atoms with van der Waals surface area (Å²) in [6, 6.07) is 7.57. The van der Waals surface area contributed by atoms with Crippen LogP contribution in [0, 0.1) is 17.6 Å². The van der Waals surface area contributed by atoms with E-state index in [9.17, 15) is 13.9 Å². The summed E-state index contributed by atoms with van der Waals surface area (Å²) in [4.78, 5) is 4.64. The molecule has 1 aromatic carbocycles. The smallest absolute Gasteiger partial charge is 0.129 e. The van der Waals surface area contributed by atoms with Gasteiger partial charge >= 0.3 is 0 Å². The molecule has 2 aliphatic rings. The number of hydrogen-bond donors (Lipinski definition) is 1. The Bertz CT molecular complexity index is 873. The molecular formula is C25H32F2N2O2. The highest BCUT2D eigenvalue weighted by Crippen LogP contribution is 2.46. The Hall–Kier alpha value is -2.02. The zero-order valence-electron chi connectivity index (χ0n) is 18.2. The first-order valence-corrected chi connectivity index (χ1v) is 11.2. The first-order chi connectivity index (χ1) is 14.9. The van der Waals surface area contributed by atoms with Crippen LogP contribution in [0.2, 0.25) is 0 Å². The molecular weight excluding hydrogens is 398 g/mol. The highest BCUT2D eigenvalue weighted by atomic mass is 19.1. The van der Waals surface area contributed by atoms with Crippen LogP contribution in [0.25, 0.3) is 0 Å². The van der Waals surface area contributed by atoms with E-state index < -0.39 is 17.2 Å². The first-order valence-electron chi connectivity index (χ1n) is 11.2. The second kappa shape index (κ2) is 9.23. The van der Waals surface area contributed by atoms with Crippen LogP contribution in [0.5, 0.6) is 0 Å². The maximum atomic E-state index is 14.6. The van der Waals surface area contributed by atoms with Gasteiger partial charge in [-0.2, -0.15) is 0 Å². The lowest BCUT2D eigenvalue weighted by molar-refractivity contribution is -0.00954. The topological polar surface area (TPSA) is 39.9 Å². The molecule has 3 atom stereocenters. The molecule has 3 unspecified atom stereocenters. The summed E-state index contributed by atoms with van der Waals surface area (Å²) in [6.07, 6.45) is 3.96. The third-order valence-electron chi connectivity index (χ3n) is 7.17. The molecule has 1 N–H and O–H groups in total. The van der Waals surface area contributed by atoms with Crippen molar-refractivity contribution < 1.29 is 18.3 Å². The molecule has 6 heteroatoms. The van der Waals surface area contributed by atoms with Crippen molar-refractivity contribution in [3.05, 3.63) is 71.7 Å². The summed E-state index contributed by atoms with van der Waals surface area (Å²) in [5.41, 5.74) is -0.906. The predicted molar refractivity (Wildman–Crippen MR) is 117 cm³/mol. The lowest BCUT2D eigenvalue weighted by Crippen LogP contribution is -2.51. The summed E-state index contributed by atoms with van der Waals surface area (Å²) in [7, 11) is 2.11. The number of rotatable bonds is 5. The van der Waals surface area contributed by atoms with E-state index in [4.69, 9.17) is 4.42 Å². The Morgan fingerprint density at radius 3 is 2.45 bits per heavy atom. The van der Waals surface area contributed by atoms with Crippen LogP contribution in [-0.4, -0.2) is 60.3 Å². The van der Waals surface area contributed by atoms with Gasteiger partial charge in [0.2, 0.25) is 0 Å². The molecule has 0 spiro atoms. The van der Waals surface area contributed by atoms with Crippen molar-refractivity contribution in [2.45, 2.75) is 37.2 Å². The molecule has 1 aliphatic heterocycles. The molecule has 1 aromatic heterocycles. The fraction of sp³-hybridized carbons (Fsp3) is 0.520. The lowest BCUT2D eigenvalue weighted by atomic mass is 9.73. The van der Waals surface area contributed by atoms with Crippen LogP contribution in [-0.2, 0) is 6.42 Å². The van der Waals surface area contributed by atoms with E-state index in [0.717, 1.165) is 51.2 Å². The number of hydrogen-bond acceptors (Lipinski definition) is 4. The minimum Gasteiger partial charge on any atom is -0.469 e. The minimum atomic E-state index is -1.43. The third-order valence-corrected chi connectivity index (χ3v) is 7.17. The number of likely N-dealkylation sites (N-methyl/N-ethyl adjacent to an activating group) is 1. The van der Waals surface area contributed by atoms with Crippen molar-refractivity contribution in [2.75, 3.05) is 39.8 Å². The van der Waals surface area contributed by atoms with Crippen LogP contribution in [0.3, 0.4) is 0 Å². The van der Waals surface area contributed by atoms with Crippen LogP contribution >= 0.6 is 0 Å². The molecule has 1 saturated heterocycles. The van der Waals surface area contributed by atoms with Crippen molar-refractivity contribution in [2.24, 2.45) is 5.92 Å². The summed E-state index contributed by atoms with van der Waals surface area (Å²) in [6.45, 7) is 8.77. The van der Waals surface area contributed by atoms with Gasteiger partial charge in [-0.05, 0) is 49.7 Å². The average Bonchev–Trinajstić information content (AvgIpc) is 3.25. The van der Waals surface area contributed by atoms with E-state index >= 15 is 0 Å². The van der Waals surface area contributed by atoms with Crippen molar-refractivity contribution in [1.29, 1.82) is 0 Å². The number of piperazine rings is 1. The molecule has 31 heavy (non-hydrogen) atoms. The van der Waals surface area contributed by atoms with Crippen molar-refractivity contribution in [3.8, 4) is 0 Å². The molecule has 4 rings (SSSR count). The van der Waals surface area contributed by atoms with Crippen LogP contribution in [0.15, 0.2) is 53.2 Å². The average molecular weight is 431 g/mol. The van der Waals surface area contributed by atoms with Crippen molar-refractivity contribution >= 4 is 0 Å². The Morgan fingerprint density at radius 2 is 1.81 bits per heavy atom. The quantitative estimate of drug-likeness (QED) is 0.570. The predicted octanol–water partition coefficient (Wildman–Crippen LogP) is 4.22. The van der Waals surface area contributed by atoms with Gasteiger partial charge in [0.05, 0.1) is 11.9 Å². The highest BCUT2D eigenvalue weighted by Gasteiger charge is 2.46. The molecule has 0 bridgehead atoms. The van der Waals surface area contributed by atoms with E-state index in [1.165, 1.54) is 18.2 Å². The SMILES string of the molecule is C=C1C(c2ccco2)CCCC(CN2CCN(C)CC2)C1(O)Cc1c(F)cccc1F. The van der Waals surface area contributed by atoms with E-state index in [1.807, 2.05) is 12.1 Å². The molecule has 4 nitrogen and oxygen atoms in total. The summed E-state index contributed by atoms with van der Waals surface area (Å²) in [5, 5.41) is 12.1. The Kier molecular flexibility index (Phi) is 6.60. The number of furan rings is 1. The second-order valence-electron chi connectivity index (χ2n) is 9.13. The van der Waals surface area contributed by atoms with E-state index in [2.05, 4.69) is 23.4 Å². The van der Waals surface area contributed by atoms with Gasteiger partial charge in [0.25, 0.3) is 0 Å². The Morgan fingerprint density at radius 1 is 1.10 bits per heavy atom. The summed E-state index contributed by atoms with van der Waals surface area (Å²) < 4.78 is 34.8. The van der Waals surface area contributed by atoms with Gasteiger partial charge in [0.15, 0.2) is 0 Å². The van der Waals surface area contributed by atoms with Gasteiger partial charge in [-0.3, -0.25) is 0 Å². The van der Waals surface area contributed by atoms with Crippen LogP contribution in [0.1, 0.15) is 36.5 Å². The van der Waals surface area contributed by atoms with E-state index in [-0.39, 0.29) is 23.8 Å². The van der Waals surface area contributed by atoms with Crippen LogP contribution in [0.4, 0.5) is 8.78 Å². The number of halogens is 2. The lowest BCUT2D eigenvalue weighted by Gasteiger charge is -2.42. The maximum absolute atomic E-state index is 14.6. The normalized spacial score (nSPS) is 28.6. The highest BCUT2D eigenvalue weighted by molar-refractivity contribution is 5.33. The summed E-state index contributed by atoms with van der Waals surface area (Å²) in [5.74, 6) is -0.843. The zero-order chi connectivity index (χ0) is 22.0. The second-order valence-corrected chi connectivity index (χ2v) is 9.13. The standard InChI is InChI=1S/C25H32F2N2O2/c1-18-20(24-10-5-15-31-24)7-3-6-19(17-29-13-11-28(2)12-14-29)25(18,30)16-21-22(26)8-4-9-23(21)27/h4-5,8-10,15,19-20,30H,1,3,6-7,11-14,16-17H2,2H3. The van der Waals surface area contributed by atoms with Gasteiger partial charge in [-0.25, -0.2) is 8.78 Å². The van der Waals surface area contributed by atoms with Gasteiger partial charge in [-0.15, -0.1) is 0 Å². The molecule has 2 aromatic rings. The summed E-state index contributed by atoms with van der Waals surface area (Å²) >= 11 is 0. The first kappa shape index (κ1) is 22.2. The fourth-order valence-electron chi connectivity index (χ4n) is 5.16. The van der Waals surface area contributed by atoms with Gasteiger partial charge in [-0.1, -0.05) is 19.1 Å². The largest absolute Gasteiger partial charge is 0.469 e. The molecule has 0 radical (unpaired) electrons. The molecule has 0 amide bonds. The van der Waals surface area contributed by atoms with Crippen LogP contribution < -0.4 is 0 Å². The molecule has 1 saturated carbocycles. The Balaban J connectivity index is 1.67. The molecule has 1 aliphatic carbocycles. The van der Waals surface area contributed by atoms with Gasteiger partial charge in [0, 0.05) is 56.5 Å². The van der Waals surface area contributed by atoms with Gasteiger partial charge < -0.3 is 19.3 Å². The molecule has 168 valence electrons. The fourth-order valence-corrected chi connectivity index (χ4v) is 5.16. The third kappa shape index (κ3) is 4.61. The van der Waals surface area contributed by atoms with Crippen molar-refractivity contribution in [3.63, 3.8) is 0 Å². The zero-order valence-corrected chi connectivity index (χ0v) is 18.2. The number of aliphatic hydroxyl groups is 1. The van der Waals surface area contributed by atoms with E-state index in [1.54, 1.807) is 6.26 Å². The molecule has 2 fully saturated rings. The van der Waals surface area contributed by atoms with E-state index in [0.29, 0.717) is 12.1 Å². The number of benzene rings is 1. The Labute approximate surface area is 183 Å². The maximum Gasteiger partial charge on any atom is 0.129 e. The van der Waals surface area contributed by atoms with Crippen molar-refractivity contribution in [1.82, 2.24) is 9.80 Å². The monoisotopic (exact) mass is 430 g/mol. The minimum absolute atomic E-state index is 0.0744. The molecule has 2 heterocycles.